The van der Waals surface area contributed by atoms with Crippen LogP contribution in [0.25, 0.3) is 0 Å². The van der Waals surface area contributed by atoms with E-state index in [1.807, 2.05) is 0 Å². The van der Waals surface area contributed by atoms with Crippen molar-refractivity contribution in [3.63, 3.8) is 0 Å². The first kappa shape index (κ1) is 47.5. The largest absolute Gasteiger partial charge is 0.356 e. The summed E-state index contributed by atoms with van der Waals surface area (Å²) in [7, 11) is 0. The lowest BCUT2D eigenvalue weighted by Crippen LogP contribution is -2.54. The second kappa shape index (κ2) is 32.6. The van der Waals surface area contributed by atoms with E-state index >= 15 is 0 Å². The first-order valence-corrected chi connectivity index (χ1v) is 22.9. The fourth-order valence-corrected chi connectivity index (χ4v) is 8.01. The Morgan fingerprint density at radius 1 is 0.593 bits per heavy atom. The Hall–Kier alpha value is -2.64. The lowest BCUT2D eigenvalue weighted by Gasteiger charge is -2.31. The molecule has 0 spiro atoms. The van der Waals surface area contributed by atoms with Gasteiger partial charge >= 0.3 is 0 Å². The van der Waals surface area contributed by atoms with Gasteiger partial charge in [-0.3, -0.25) is 19.2 Å². The standard InChI is InChI=1S/C46H82N4O4/c1-3-5-7-9-11-13-15-17-18-20-22-23-25-27-29-33-42(51)48-39-35-36-41(50-44(53)38-39)45-40(32-31-37-47-46(45)54)49-43(52)34-30-28-26-24-21-19-16-14-12-10-8-6-4-2/h14,16-18,39-41,45H,3-13,15,19-38H2,1-2H3,(H,47,54)(H,48,51)(H,49,52)(H,50,53)/b16-14-,18-17-/t39?,40-,41-,45?/m0/s1. The van der Waals surface area contributed by atoms with Crippen LogP contribution in [0.4, 0.5) is 0 Å². The lowest BCUT2D eigenvalue weighted by molar-refractivity contribution is -0.128. The molecule has 0 radical (unpaired) electrons. The Bertz CT molecular complexity index is 1060. The molecule has 0 aromatic rings. The van der Waals surface area contributed by atoms with Crippen LogP contribution in [-0.4, -0.2) is 48.3 Å². The number of unbranched alkanes of at least 4 members (excludes halogenated alkanes) is 20. The molecule has 310 valence electrons. The number of nitrogens with one attached hydrogen (secondary N) is 4. The molecular formula is C46H82N4O4. The van der Waals surface area contributed by atoms with Crippen molar-refractivity contribution in [2.45, 2.75) is 231 Å². The highest BCUT2D eigenvalue weighted by Gasteiger charge is 2.40. The Kier molecular flexibility index (Phi) is 28.7. The minimum absolute atomic E-state index is 0.00577. The van der Waals surface area contributed by atoms with Crippen LogP contribution in [0.3, 0.4) is 0 Å². The molecule has 0 bridgehead atoms. The van der Waals surface area contributed by atoms with Crippen molar-refractivity contribution < 1.29 is 19.2 Å². The van der Waals surface area contributed by atoms with Crippen molar-refractivity contribution in [2.75, 3.05) is 6.54 Å². The molecule has 4 amide bonds. The van der Waals surface area contributed by atoms with Gasteiger partial charge in [0, 0.05) is 43.9 Å². The van der Waals surface area contributed by atoms with Gasteiger partial charge in [-0.1, -0.05) is 128 Å². The molecule has 2 aliphatic heterocycles. The molecule has 4 N–H and O–H groups in total. The Morgan fingerprint density at radius 2 is 1.06 bits per heavy atom. The molecule has 2 fully saturated rings. The Labute approximate surface area is 331 Å². The molecule has 0 aromatic heterocycles. The topological polar surface area (TPSA) is 116 Å². The minimum Gasteiger partial charge on any atom is -0.356 e. The molecule has 0 saturated carbocycles. The van der Waals surface area contributed by atoms with Crippen LogP contribution in [-0.2, 0) is 19.2 Å². The van der Waals surface area contributed by atoms with Gasteiger partial charge in [-0.25, -0.2) is 0 Å². The summed E-state index contributed by atoms with van der Waals surface area (Å²) in [5.74, 6) is -0.777. The maximum absolute atomic E-state index is 13.3. The number of amides is 4. The first-order chi connectivity index (χ1) is 26.4. The average Bonchev–Trinajstić information content (AvgIpc) is 3.45. The summed E-state index contributed by atoms with van der Waals surface area (Å²) in [6, 6.07) is -0.927. The van der Waals surface area contributed by atoms with E-state index < -0.39 is 5.92 Å². The second-order valence-corrected chi connectivity index (χ2v) is 16.3. The fourth-order valence-electron chi connectivity index (χ4n) is 8.01. The molecule has 2 unspecified atom stereocenters. The van der Waals surface area contributed by atoms with Crippen molar-refractivity contribution in [1.82, 2.24) is 21.3 Å². The van der Waals surface area contributed by atoms with Crippen LogP contribution in [0.1, 0.15) is 213 Å². The van der Waals surface area contributed by atoms with Crippen molar-refractivity contribution in [2.24, 2.45) is 5.92 Å². The van der Waals surface area contributed by atoms with Crippen molar-refractivity contribution in [3.8, 4) is 0 Å². The fraction of sp³-hybridized carbons (Fsp3) is 0.826. The molecule has 8 heteroatoms. The minimum atomic E-state index is -0.523. The third kappa shape index (κ3) is 24.0. The van der Waals surface area contributed by atoms with Gasteiger partial charge in [0.05, 0.1) is 5.92 Å². The molecular weight excluding hydrogens is 673 g/mol. The number of hydrogen-bond acceptors (Lipinski definition) is 4. The zero-order valence-electron chi connectivity index (χ0n) is 34.9. The number of carbonyl (C=O) groups is 4. The quantitative estimate of drug-likeness (QED) is 0.0416. The van der Waals surface area contributed by atoms with Gasteiger partial charge in [0.2, 0.25) is 23.6 Å². The molecule has 2 saturated heterocycles. The average molecular weight is 755 g/mol. The smallest absolute Gasteiger partial charge is 0.227 e. The van der Waals surface area contributed by atoms with Gasteiger partial charge in [0.25, 0.3) is 0 Å². The van der Waals surface area contributed by atoms with E-state index in [0.717, 1.165) is 57.8 Å². The van der Waals surface area contributed by atoms with Crippen LogP contribution in [0, 0.1) is 5.92 Å². The number of allylic oxidation sites excluding steroid dienone is 4. The van der Waals surface area contributed by atoms with E-state index in [4.69, 9.17) is 0 Å². The summed E-state index contributed by atoms with van der Waals surface area (Å²) in [5, 5.41) is 12.4. The Balaban J connectivity index is 1.63. The van der Waals surface area contributed by atoms with E-state index in [0.29, 0.717) is 38.6 Å². The molecule has 8 nitrogen and oxygen atoms in total. The number of rotatable bonds is 31. The van der Waals surface area contributed by atoms with Gasteiger partial charge in [0.15, 0.2) is 0 Å². The van der Waals surface area contributed by atoms with E-state index in [9.17, 15) is 19.2 Å². The predicted molar refractivity (Wildman–Crippen MR) is 225 cm³/mol. The summed E-state index contributed by atoms with van der Waals surface area (Å²) in [5.41, 5.74) is 0. The van der Waals surface area contributed by atoms with E-state index in [1.54, 1.807) is 0 Å². The van der Waals surface area contributed by atoms with Crippen LogP contribution in [0.5, 0.6) is 0 Å². The highest BCUT2D eigenvalue weighted by Crippen LogP contribution is 2.24. The Morgan fingerprint density at radius 3 is 1.59 bits per heavy atom. The van der Waals surface area contributed by atoms with Gasteiger partial charge in [-0.2, -0.15) is 0 Å². The summed E-state index contributed by atoms with van der Waals surface area (Å²) < 4.78 is 0. The maximum Gasteiger partial charge on any atom is 0.227 e. The summed E-state index contributed by atoms with van der Waals surface area (Å²) in [6.45, 7) is 5.08. The summed E-state index contributed by atoms with van der Waals surface area (Å²) >= 11 is 0. The van der Waals surface area contributed by atoms with E-state index in [-0.39, 0.29) is 48.2 Å². The summed E-state index contributed by atoms with van der Waals surface area (Å²) in [4.78, 5) is 52.1. The molecule has 2 heterocycles. The molecule has 2 rings (SSSR count). The number of hydrogen-bond donors (Lipinski definition) is 4. The van der Waals surface area contributed by atoms with Crippen LogP contribution in [0.2, 0.25) is 0 Å². The van der Waals surface area contributed by atoms with Crippen molar-refractivity contribution in [1.29, 1.82) is 0 Å². The lowest BCUT2D eigenvalue weighted by atomic mass is 9.86. The monoisotopic (exact) mass is 755 g/mol. The van der Waals surface area contributed by atoms with Crippen molar-refractivity contribution in [3.05, 3.63) is 24.3 Å². The summed E-state index contributed by atoms with van der Waals surface area (Å²) in [6.07, 6.45) is 42.1. The van der Waals surface area contributed by atoms with Gasteiger partial charge < -0.3 is 21.3 Å². The third-order valence-electron chi connectivity index (χ3n) is 11.3. The third-order valence-corrected chi connectivity index (χ3v) is 11.3. The highest BCUT2D eigenvalue weighted by molar-refractivity contribution is 5.84. The zero-order chi connectivity index (χ0) is 38.9. The van der Waals surface area contributed by atoms with Gasteiger partial charge in [-0.05, 0) is 89.9 Å². The van der Waals surface area contributed by atoms with E-state index in [2.05, 4.69) is 59.4 Å². The van der Waals surface area contributed by atoms with Gasteiger partial charge in [0.1, 0.15) is 0 Å². The van der Waals surface area contributed by atoms with Crippen molar-refractivity contribution >= 4 is 23.6 Å². The zero-order valence-corrected chi connectivity index (χ0v) is 34.9. The highest BCUT2D eigenvalue weighted by atomic mass is 16.2. The molecule has 0 aliphatic carbocycles. The first-order valence-electron chi connectivity index (χ1n) is 22.9. The van der Waals surface area contributed by atoms with Gasteiger partial charge in [-0.15, -0.1) is 0 Å². The molecule has 0 aromatic carbocycles. The van der Waals surface area contributed by atoms with Crippen LogP contribution in [0.15, 0.2) is 24.3 Å². The molecule has 54 heavy (non-hydrogen) atoms. The SMILES string of the molecule is CCCCCC/C=C\CCCCCCCC(=O)N[C@H]1CCCNC(=O)C1[C@@H]1CCC(NC(=O)CCCCCCC/C=C\CCCCCCCC)CC(=O)N1. The maximum atomic E-state index is 13.3. The van der Waals surface area contributed by atoms with Crippen LogP contribution >= 0.6 is 0 Å². The molecule has 4 atom stereocenters. The predicted octanol–water partition coefficient (Wildman–Crippen LogP) is 10.4. The molecule has 2 aliphatic rings. The van der Waals surface area contributed by atoms with Crippen LogP contribution < -0.4 is 21.3 Å². The second-order valence-electron chi connectivity index (χ2n) is 16.3. The number of carbonyl (C=O) groups excluding carboxylic acids is 4. The van der Waals surface area contributed by atoms with E-state index in [1.165, 1.54) is 103 Å². The normalized spacial score (nSPS) is 20.8.